The zero-order chi connectivity index (χ0) is 35.3. The maximum atomic E-state index is 14.1. The van der Waals surface area contributed by atoms with Crippen LogP contribution in [0.5, 0.6) is 0 Å². The molecule has 270 valence electrons. The van der Waals surface area contributed by atoms with Gasteiger partial charge in [-0.1, -0.05) is 49.6 Å². The van der Waals surface area contributed by atoms with Crippen LogP contribution in [0.4, 0.5) is 0 Å². The van der Waals surface area contributed by atoms with Crippen LogP contribution in [0.2, 0.25) is 0 Å². The summed E-state index contributed by atoms with van der Waals surface area (Å²) < 4.78 is 24.3. The molecule has 3 amide bonds. The van der Waals surface area contributed by atoms with E-state index < -0.39 is 56.2 Å². The van der Waals surface area contributed by atoms with Gasteiger partial charge in [-0.2, -0.15) is 0 Å². The van der Waals surface area contributed by atoms with Gasteiger partial charge in [0.15, 0.2) is 9.84 Å². The zero-order valence-corrected chi connectivity index (χ0v) is 30.7. The number of hydrogen-bond acceptors (Lipinski definition) is 8. The van der Waals surface area contributed by atoms with Gasteiger partial charge in [-0.15, -0.1) is 0 Å². The molecule has 11 nitrogen and oxygen atoms in total. The van der Waals surface area contributed by atoms with Crippen LogP contribution in [0.25, 0.3) is 0 Å². The Morgan fingerprint density at radius 2 is 1.56 bits per heavy atom. The standard InChI is InChI=1S/C36H59N5O6S/c1-35(2,3)39-33(44)29-21-26-16-10-11-17-27(26)22-41(29)23-30(42)28(20-25-14-8-7-9-15-25)37-34(45)32(36(4,5)48(6,46)47)38-31(43)24-40-18-12-13-19-40/h7-9,14-15,26-30,32,42H,10-13,16-24H2,1-6H3,(H,37,45)(H,38,43)(H,39,44)/t26-,27+,28?,29?,30?,32+/m0/s1. The van der Waals surface area contributed by atoms with E-state index in [1.165, 1.54) is 20.3 Å². The highest BCUT2D eigenvalue weighted by molar-refractivity contribution is 7.92. The number of nitrogens with zero attached hydrogens (tertiary/aromatic N) is 2. The first-order valence-corrected chi connectivity index (χ1v) is 19.6. The SMILES string of the molecule is CC(C)(C)NC(=O)C1C[C@@H]2CCCC[C@@H]2CN1CC(O)C(Cc1ccccc1)NC(=O)[C@@H](NC(=O)CN1CCCC1)C(C)(C)S(C)(=O)=O. The van der Waals surface area contributed by atoms with Gasteiger partial charge in [-0.3, -0.25) is 24.2 Å². The predicted octanol–water partition coefficient (Wildman–Crippen LogP) is 2.27. The van der Waals surface area contributed by atoms with Gasteiger partial charge in [0.05, 0.1) is 29.5 Å². The fraction of sp³-hybridized carbons (Fsp3) is 0.750. The summed E-state index contributed by atoms with van der Waals surface area (Å²) in [4.78, 5) is 45.0. The summed E-state index contributed by atoms with van der Waals surface area (Å²) in [5, 5.41) is 20.8. The maximum Gasteiger partial charge on any atom is 0.244 e. The van der Waals surface area contributed by atoms with Crippen LogP contribution in [0.1, 0.15) is 85.1 Å². The van der Waals surface area contributed by atoms with Gasteiger partial charge in [0.1, 0.15) is 6.04 Å². The maximum absolute atomic E-state index is 14.1. The molecule has 3 unspecified atom stereocenters. The number of sulfone groups is 1. The Bertz CT molecular complexity index is 1360. The topological polar surface area (TPSA) is 148 Å². The molecule has 48 heavy (non-hydrogen) atoms. The van der Waals surface area contributed by atoms with E-state index in [1.54, 1.807) is 0 Å². The summed E-state index contributed by atoms with van der Waals surface area (Å²) in [6, 6.07) is 6.86. The number of β-amino-alcohol motifs (C(OH)–C–C–N with tert-alkyl or cyclic N) is 1. The van der Waals surface area contributed by atoms with Crippen LogP contribution >= 0.6 is 0 Å². The van der Waals surface area contributed by atoms with Crippen LogP contribution < -0.4 is 16.0 Å². The van der Waals surface area contributed by atoms with Gasteiger partial charge in [0, 0.05) is 24.9 Å². The first-order chi connectivity index (χ1) is 22.4. The average molecular weight is 690 g/mol. The molecule has 1 aromatic rings. The van der Waals surface area contributed by atoms with Crippen LogP contribution in [-0.2, 0) is 30.6 Å². The van der Waals surface area contributed by atoms with E-state index in [0.29, 0.717) is 18.4 Å². The Balaban J connectivity index is 1.59. The first kappa shape index (κ1) is 38.3. The van der Waals surface area contributed by atoms with Crippen molar-refractivity contribution in [2.24, 2.45) is 11.8 Å². The van der Waals surface area contributed by atoms with E-state index in [0.717, 1.165) is 63.4 Å². The molecule has 1 aliphatic carbocycles. The van der Waals surface area contributed by atoms with Crippen molar-refractivity contribution in [1.29, 1.82) is 0 Å². The Morgan fingerprint density at radius 3 is 2.17 bits per heavy atom. The van der Waals surface area contributed by atoms with E-state index in [2.05, 4.69) is 20.9 Å². The third kappa shape index (κ3) is 10.2. The van der Waals surface area contributed by atoms with E-state index in [4.69, 9.17) is 0 Å². The van der Waals surface area contributed by atoms with Crippen molar-refractivity contribution in [3.8, 4) is 0 Å². The Kier molecular flexibility index (Phi) is 12.8. The van der Waals surface area contributed by atoms with Crippen molar-refractivity contribution >= 4 is 27.6 Å². The normalized spacial score (nSPS) is 24.6. The molecular formula is C36H59N5O6S. The quantitative estimate of drug-likeness (QED) is 0.247. The molecule has 6 atom stereocenters. The second-order valence-corrected chi connectivity index (χ2v) is 18.6. The molecule has 4 rings (SSSR count). The minimum atomic E-state index is -3.80. The number of benzene rings is 1. The lowest BCUT2D eigenvalue weighted by molar-refractivity contribution is -0.133. The van der Waals surface area contributed by atoms with Crippen molar-refractivity contribution in [3.63, 3.8) is 0 Å². The number of rotatable bonds is 13. The summed E-state index contributed by atoms with van der Waals surface area (Å²) in [6.45, 7) is 11.2. The minimum absolute atomic E-state index is 0.0574. The van der Waals surface area contributed by atoms with E-state index in [-0.39, 0.29) is 25.4 Å². The van der Waals surface area contributed by atoms with Crippen LogP contribution in [-0.4, -0.2) is 115 Å². The number of carbonyl (C=O) groups excluding carboxylic acids is 3. The highest BCUT2D eigenvalue weighted by Gasteiger charge is 2.46. The van der Waals surface area contributed by atoms with Gasteiger partial charge < -0.3 is 21.1 Å². The molecule has 2 aliphatic heterocycles. The van der Waals surface area contributed by atoms with Gasteiger partial charge in [-0.25, -0.2) is 8.42 Å². The largest absolute Gasteiger partial charge is 0.390 e. The highest BCUT2D eigenvalue weighted by atomic mass is 32.2. The van der Waals surface area contributed by atoms with Crippen molar-refractivity contribution in [3.05, 3.63) is 35.9 Å². The van der Waals surface area contributed by atoms with Crippen molar-refractivity contribution in [1.82, 2.24) is 25.8 Å². The zero-order valence-electron chi connectivity index (χ0n) is 29.8. The summed E-state index contributed by atoms with van der Waals surface area (Å²) in [5.74, 6) is -0.244. The van der Waals surface area contributed by atoms with E-state index in [9.17, 15) is 27.9 Å². The summed E-state index contributed by atoms with van der Waals surface area (Å²) in [6.07, 6.45) is 7.48. The molecule has 2 saturated heterocycles. The number of hydrogen-bond donors (Lipinski definition) is 4. The number of nitrogens with one attached hydrogen (secondary N) is 3. The number of carbonyl (C=O) groups is 3. The van der Waals surface area contributed by atoms with E-state index in [1.807, 2.05) is 56.0 Å². The molecule has 12 heteroatoms. The molecule has 2 heterocycles. The van der Waals surface area contributed by atoms with E-state index >= 15 is 0 Å². The van der Waals surface area contributed by atoms with Gasteiger partial charge >= 0.3 is 0 Å². The lowest BCUT2D eigenvalue weighted by Gasteiger charge is -2.47. The van der Waals surface area contributed by atoms with Crippen molar-refractivity contribution in [2.45, 2.75) is 121 Å². The number of likely N-dealkylation sites (tertiary alicyclic amines) is 2. The Labute approximate surface area is 287 Å². The van der Waals surface area contributed by atoms with Crippen LogP contribution in [0.3, 0.4) is 0 Å². The molecule has 0 radical (unpaired) electrons. The number of fused-ring (bicyclic) bond motifs is 1. The predicted molar refractivity (Wildman–Crippen MR) is 188 cm³/mol. The Hall–Kier alpha value is -2.54. The molecule has 0 spiro atoms. The number of aliphatic hydroxyl groups excluding tert-OH is 1. The molecule has 0 aromatic heterocycles. The Morgan fingerprint density at radius 1 is 0.938 bits per heavy atom. The first-order valence-electron chi connectivity index (χ1n) is 17.7. The highest BCUT2D eigenvalue weighted by Crippen LogP contribution is 2.39. The lowest BCUT2D eigenvalue weighted by atomic mass is 9.72. The third-order valence-corrected chi connectivity index (χ3v) is 12.7. The van der Waals surface area contributed by atoms with Crippen molar-refractivity contribution < 1.29 is 27.9 Å². The van der Waals surface area contributed by atoms with Crippen LogP contribution in [0, 0.1) is 11.8 Å². The molecular weight excluding hydrogens is 630 g/mol. The number of amides is 3. The van der Waals surface area contributed by atoms with Gasteiger partial charge in [0.25, 0.3) is 0 Å². The summed E-state index contributed by atoms with van der Waals surface area (Å²) >= 11 is 0. The fourth-order valence-corrected chi connectivity index (χ4v) is 8.13. The molecule has 1 aromatic carbocycles. The summed E-state index contributed by atoms with van der Waals surface area (Å²) in [5.41, 5.74) is 0.474. The number of aliphatic hydroxyl groups is 1. The van der Waals surface area contributed by atoms with Crippen molar-refractivity contribution in [2.75, 3.05) is 39.0 Å². The van der Waals surface area contributed by atoms with Crippen LogP contribution in [0.15, 0.2) is 30.3 Å². The van der Waals surface area contributed by atoms with Gasteiger partial charge in [0.2, 0.25) is 17.7 Å². The number of piperidine rings is 1. The molecule has 1 saturated carbocycles. The average Bonchev–Trinajstić information content (AvgIpc) is 3.51. The minimum Gasteiger partial charge on any atom is -0.390 e. The monoisotopic (exact) mass is 689 g/mol. The molecule has 3 fully saturated rings. The molecule has 3 aliphatic rings. The van der Waals surface area contributed by atoms with Gasteiger partial charge in [-0.05, 0) is 97.2 Å². The summed E-state index contributed by atoms with van der Waals surface area (Å²) in [7, 11) is -3.80. The lowest BCUT2D eigenvalue weighted by Crippen LogP contribution is -2.64. The molecule has 4 N–H and O–H groups in total. The fourth-order valence-electron chi connectivity index (χ4n) is 7.53. The third-order valence-electron chi connectivity index (χ3n) is 10.6. The second kappa shape index (κ2) is 16.0. The molecule has 0 bridgehead atoms. The smallest absolute Gasteiger partial charge is 0.244 e. The second-order valence-electron chi connectivity index (χ2n) is 16.0.